The zero-order valence-corrected chi connectivity index (χ0v) is 15.4. The van der Waals surface area contributed by atoms with E-state index in [1.54, 1.807) is 18.2 Å². The standard InChI is InChI=1S/C19H16Cl2N4O/c1-12(13-6-3-2-4-7-13)24-18(26)14-10-22-19(23-11-14)25-17-15(20)8-5-9-16(17)21/h2-12H,1H3,(H,24,26)(H,22,23,25). The van der Waals surface area contributed by atoms with E-state index in [0.717, 1.165) is 5.56 Å². The van der Waals surface area contributed by atoms with Gasteiger partial charge in [0.2, 0.25) is 5.95 Å². The first kappa shape index (κ1) is 18.2. The zero-order valence-electron chi connectivity index (χ0n) is 13.9. The molecule has 0 radical (unpaired) electrons. The van der Waals surface area contributed by atoms with Crippen LogP contribution in [0.4, 0.5) is 11.6 Å². The summed E-state index contributed by atoms with van der Waals surface area (Å²) < 4.78 is 0. The summed E-state index contributed by atoms with van der Waals surface area (Å²) in [6.07, 6.45) is 2.90. The second-order valence-corrected chi connectivity index (χ2v) is 6.44. The Labute approximate surface area is 161 Å². The van der Waals surface area contributed by atoms with Gasteiger partial charge in [0, 0.05) is 12.4 Å². The van der Waals surface area contributed by atoms with Gasteiger partial charge in [-0.25, -0.2) is 9.97 Å². The lowest BCUT2D eigenvalue weighted by molar-refractivity contribution is 0.0939. The van der Waals surface area contributed by atoms with Crippen LogP contribution in [0.15, 0.2) is 60.9 Å². The van der Waals surface area contributed by atoms with Crippen molar-refractivity contribution in [2.24, 2.45) is 0 Å². The first-order valence-corrected chi connectivity index (χ1v) is 8.69. The molecule has 2 aromatic carbocycles. The molecule has 1 heterocycles. The van der Waals surface area contributed by atoms with Gasteiger partial charge in [0.05, 0.1) is 27.3 Å². The van der Waals surface area contributed by atoms with E-state index < -0.39 is 0 Å². The third-order valence-electron chi connectivity index (χ3n) is 3.76. The number of carbonyl (C=O) groups excluding carboxylic acids is 1. The smallest absolute Gasteiger partial charge is 0.254 e. The van der Waals surface area contributed by atoms with Crippen LogP contribution >= 0.6 is 23.2 Å². The van der Waals surface area contributed by atoms with E-state index in [2.05, 4.69) is 20.6 Å². The summed E-state index contributed by atoms with van der Waals surface area (Å²) >= 11 is 12.2. The summed E-state index contributed by atoms with van der Waals surface area (Å²) in [6, 6.07) is 14.8. The van der Waals surface area contributed by atoms with E-state index in [-0.39, 0.29) is 11.9 Å². The fourth-order valence-electron chi connectivity index (χ4n) is 2.34. The van der Waals surface area contributed by atoms with Gasteiger partial charge in [0.15, 0.2) is 0 Å². The van der Waals surface area contributed by atoms with E-state index >= 15 is 0 Å². The highest BCUT2D eigenvalue weighted by Gasteiger charge is 2.13. The monoisotopic (exact) mass is 386 g/mol. The zero-order chi connectivity index (χ0) is 18.5. The molecule has 1 amide bonds. The molecule has 0 bridgehead atoms. The van der Waals surface area contributed by atoms with Crippen LogP contribution in [0.2, 0.25) is 10.0 Å². The minimum Gasteiger partial charge on any atom is -0.345 e. The number of hydrogen-bond donors (Lipinski definition) is 2. The van der Waals surface area contributed by atoms with Crippen molar-refractivity contribution < 1.29 is 4.79 Å². The van der Waals surface area contributed by atoms with Gasteiger partial charge in [-0.15, -0.1) is 0 Å². The molecule has 0 aliphatic rings. The van der Waals surface area contributed by atoms with Crippen molar-refractivity contribution in [1.29, 1.82) is 0 Å². The Morgan fingerprint density at radius 3 is 2.19 bits per heavy atom. The Morgan fingerprint density at radius 2 is 1.58 bits per heavy atom. The Hall–Kier alpha value is -2.63. The van der Waals surface area contributed by atoms with Crippen molar-refractivity contribution in [2.75, 3.05) is 5.32 Å². The van der Waals surface area contributed by atoms with Crippen molar-refractivity contribution in [3.8, 4) is 0 Å². The number of anilines is 2. The normalized spacial score (nSPS) is 11.7. The molecule has 1 aromatic heterocycles. The molecule has 0 fully saturated rings. The molecule has 5 nitrogen and oxygen atoms in total. The average Bonchev–Trinajstić information content (AvgIpc) is 2.66. The molecule has 1 unspecified atom stereocenters. The van der Waals surface area contributed by atoms with Gasteiger partial charge in [-0.3, -0.25) is 4.79 Å². The van der Waals surface area contributed by atoms with Crippen molar-refractivity contribution in [1.82, 2.24) is 15.3 Å². The third kappa shape index (κ3) is 4.31. The maximum atomic E-state index is 12.4. The van der Waals surface area contributed by atoms with Crippen LogP contribution in [0.1, 0.15) is 28.9 Å². The number of nitrogens with zero attached hydrogens (tertiary/aromatic N) is 2. The Morgan fingerprint density at radius 1 is 0.962 bits per heavy atom. The molecule has 0 aliphatic heterocycles. The molecule has 1 atom stereocenters. The number of aromatic nitrogens is 2. The van der Waals surface area contributed by atoms with Gasteiger partial charge in [0.25, 0.3) is 5.91 Å². The topological polar surface area (TPSA) is 66.9 Å². The molecule has 7 heteroatoms. The molecule has 0 saturated carbocycles. The third-order valence-corrected chi connectivity index (χ3v) is 4.39. The van der Waals surface area contributed by atoms with Gasteiger partial charge in [-0.05, 0) is 24.6 Å². The van der Waals surface area contributed by atoms with E-state index in [1.807, 2.05) is 37.3 Å². The van der Waals surface area contributed by atoms with Crippen molar-refractivity contribution in [3.05, 3.63) is 82.1 Å². The van der Waals surface area contributed by atoms with E-state index in [1.165, 1.54) is 12.4 Å². The number of halogens is 2. The van der Waals surface area contributed by atoms with Crippen LogP contribution in [0, 0.1) is 0 Å². The molecule has 3 rings (SSSR count). The Kier molecular flexibility index (Phi) is 5.71. The lowest BCUT2D eigenvalue weighted by Crippen LogP contribution is -2.26. The lowest BCUT2D eigenvalue weighted by Gasteiger charge is -2.14. The van der Waals surface area contributed by atoms with E-state index in [4.69, 9.17) is 23.2 Å². The number of para-hydroxylation sites is 1. The van der Waals surface area contributed by atoms with Crippen LogP contribution < -0.4 is 10.6 Å². The highest BCUT2D eigenvalue weighted by atomic mass is 35.5. The highest BCUT2D eigenvalue weighted by molar-refractivity contribution is 6.39. The van der Waals surface area contributed by atoms with Gasteiger partial charge in [0.1, 0.15) is 0 Å². The predicted molar refractivity (Wildman–Crippen MR) is 104 cm³/mol. The molecule has 3 aromatic rings. The number of rotatable bonds is 5. The molecule has 0 spiro atoms. The van der Waals surface area contributed by atoms with E-state index in [0.29, 0.717) is 27.2 Å². The SMILES string of the molecule is CC(NC(=O)c1cnc(Nc2c(Cl)cccc2Cl)nc1)c1ccccc1. The summed E-state index contributed by atoms with van der Waals surface area (Å²) in [4.78, 5) is 20.7. The summed E-state index contributed by atoms with van der Waals surface area (Å²) in [5, 5.41) is 6.79. The number of carbonyl (C=O) groups is 1. The maximum absolute atomic E-state index is 12.4. The largest absolute Gasteiger partial charge is 0.345 e. The van der Waals surface area contributed by atoms with Gasteiger partial charge < -0.3 is 10.6 Å². The number of benzene rings is 2. The molecule has 132 valence electrons. The quantitative estimate of drug-likeness (QED) is 0.645. The maximum Gasteiger partial charge on any atom is 0.254 e. The molecule has 2 N–H and O–H groups in total. The molecule has 26 heavy (non-hydrogen) atoms. The molecular formula is C19H16Cl2N4O. The molecular weight excluding hydrogens is 371 g/mol. The summed E-state index contributed by atoms with van der Waals surface area (Å²) in [6.45, 7) is 1.92. The van der Waals surface area contributed by atoms with Gasteiger partial charge >= 0.3 is 0 Å². The van der Waals surface area contributed by atoms with Gasteiger partial charge in [-0.1, -0.05) is 59.6 Å². The fraction of sp³-hybridized carbons (Fsp3) is 0.105. The Bertz CT molecular complexity index is 881. The Balaban J connectivity index is 1.68. The molecule has 0 saturated heterocycles. The first-order chi connectivity index (χ1) is 12.5. The second-order valence-electron chi connectivity index (χ2n) is 5.62. The lowest BCUT2D eigenvalue weighted by atomic mass is 10.1. The average molecular weight is 387 g/mol. The number of amides is 1. The number of nitrogens with one attached hydrogen (secondary N) is 2. The summed E-state index contributed by atoms with van der Waals surface area (Å²) in [7, 11) is 0. The van der Waals surface area contributed by atoms with Crippen LogP contribution in [0.3, 0.4) is 0 Å². The number of hydrogen-bond acceptors (Lipinski definition) is 4. The first-order valence-electron chi connectivity index (χ1n) is 7.93. The van der Waals surface area contributed by atoms with Crippen LogP contribution in [0.5, 0.6) is 0 Å². The van der Waals surface area contributed by atoms with Crippen molar-refractivity contribution >= 4 is 40.7 Å². The summed E-state index contributed by atoms with van der Waals surface area (Å²) in [5.41, 5.74) is 1.91. The van der Waals surface area contributed by atoms with Crippen molar-refractivity contribution in [3.63, 3.8) is 0 Å². The molecule has 0 aliphatic carbocycles. The highest BCUT2D eigenvalue weighted by Crippen LogP contribution is 2.31. The van der Waals surface area contributed by atoms with Crippen LogP contribution in [0.25, 0.3) is 0 Å². The summed E-state index contributed by atoms with van der Waals surface area (Å²) in [5.74, 6) is 0.0522. The predicted octanol–water partition coefficient (Wildman–Crippen LogP) is 5.02. The fourth-order valence-corrected chi connectivity index (χ4v) is 2.84. The second kappa shape index (κ2) is 8.17. The van der Waals surface area contributed by atoms with E-state index in [9.17, 15) is 4.79 Å². The minimum absolute atomic E-state index is 0.122. The van der Waals surface area contributed by atoms with Crippen LogP contribution in [-0.4, -0.2) is 15.9 Å². The minimum atomic E-state index is -0.247. The van der Waals surface area contributed by atoms with Crippen molar-refractivity contribution in [2.45, 2.75) is 13.0 Å². The van der Waals surface area contributed by atoms with Gasteiger partial charge in [-0.2, -0.15) is 0 Å². The van der Waals surface area contributed by atoms with Crippen LogP contribution in [-0.2, 0) is 0 Å².